The maximum Gasteiger partial charge on any atom is 0.257 e. The molecule has 0 aliphatic carbocycles. The van der Waals surface area contributed by atoms with Crippen LogP contribution in [0.2, 0.25) is 0 Å². The number of fused-ring (bicyclic) bond motifs is 1. The van der Waals surface area contributed by atoms with Gasteiger partial charge in [0.2, 0.25) is 0 Å². The first-order valence-electron chi connectivity index (χ1n) is 8.11. The number of carbonyl (C=O) groups is 1. The van der Waals surface area contributed by atoms with Crippen molar-refractivity contribution in [3.63, 3.8) is 0 Å². The Kier molecular flexibility index (Phi) is 5.18. The molecule has 0 radical (unpaired) electrons. The summed E-state index contributed by atoms with van der Waals surface area (Å²) in [6, 6.07) is 8.68. The van der Waals surface area contributed by atoms with Gasteiger partial charge < -0.3 is 20.7 Å². The van der Waals surface area contributed by atoms with E-state index >= 15 is 0 Å². The van der Waals surface area contributed by atoms with Crippen LogP contribution in [0, 0.1) is 11.6 Å². The minimum atomic E-state index is -0.425. The number of nitrogens with one attached hydrogen (secondary N) is 3. The number of methoxy groups -OCH3 is 1. The Bertz CT molecular complexity index is 868. The van der Waals surface area contributed by atoms with E-state index in [1.54, 1.807) is 19.2 Å². The van der Waals surface area contributed by atoms with Crippen molar-refractivity contribution in [2.75, 3.05) is 29.7 Å². The van der Waals surface area contributed by atoms with Crippen molar-refractivity contribution in [3.8, 4) is 0 Å². The molecule has 5 nitrogen and oxygen atoms in total. The van der Waals surface area contributed by atoms with Gasteiger partial charge in [-0.3, -0.25) is 4.79 Å². The smallest absolute Gasteiger partial charge is 0.257 e. The summed E-state index contributed by atoms with van der Waals surface area (Å²) in [6.07, 6.45) is 1.48. The topological polar surface area (TPSA) is 62.4 Å². The highest BCUT2D eigenvalue weighted by atomic mass is 19.1. The third kappa shape index (κ3) is 3.83. The summed E-state index contributed by atoms with van der Waals surface area (Å²) in [5, 5.41) is 8.52. The second kappa shape index (κ2) is 7.53. The zero-order chi connectivity index (χ0) is 18.7. The van der Waals surface area contributed by atoms with Crippen LogP contribution in [-0.4, -0.2) is 25.7 Å². The van der Waals surface area contributed by atoms with Crippen LogP contribution in [-0.2, 0) is 9.53 Å². The van der Waals surface area contributed by atoms with Crippen molar-refractivity contribution >= 4 is 28.5 Å². The average Bonchev–Trinajstić information content (AvgIpc) is 2.89. The Balaban J connectivity index is 1.75. The normalized spacial score (nSPS) is 15.5. The highest BCUT2D eigenvalue weighted by Gasteiger charge is 2.24. The average molecular weight is 359 g/mol. The van der Waals surface area contributed by atoms with Crippen molar-refractivity contribution in [1.82, 2.24) is 0 Å². The maximum absolute atomic E-state index is 14.2. The molecule has 1 unspecified atom stereocenters. The first kappa shape index (κ1) is 17.9. The number of ether oxygens (including phenoxy) is 1. The minimum Gasteiger partial charge on any atom is -0.383 e. The van der Waals surface area contributed by atoms with Crippen LogP contribution < -0.4 is 16.0 Å². The lowest BCUT2D eigenvalue weighted by molar-refractivity contribution is -0.110. The molecule has 1 aliphatic rings. The number of rotatable bonds is 6. The summed E-state index contributed by atoms with van der Waals surface area (Å²) in [7, 11) is 1.58. The SMILES string of the molecule is COCC(C)Nc1ccc(NC=C2C(=O)Nc3cc(F)ccc32)cc1F. The van der Waals surface area contributed by atoms with Crippen LogP contribution in [0.4, 0.5) is 25.8 Å². The van der Waals surface area contributed by atoms with Gasteiger partial charge in [0, 0.05) is 30.6 Å². The van der Waals surface area contributed by atoms with Gasteiger partial charge in [-0.2, -0.15) is 0 Å². The molecule has 2 aromatic rings. The van der Waals surface area contributed by atoms with E-state index < -0.39 is 11.6 Å². The molecule has 0 spiro atoms. The van der Waals surface area contributed by atoms with E-state index in [1.165, 1.54) is 30.5 Å². The molecule has 0 aromatic heterocycles. The van der Waals surface area contributed by atoms with Crippen molar-refractivity contribution in [2.45, 2.75) is 13.0 Å². The Morgan fingerprint density at radius 1 is 1.23 bits per heavy atom. The maximum atomic E-state index is 14.2. The summed E-state index contributed by atoms with van der Waals surface area (Å²) < 4.78 is 32.5. The number of hydrogen-bond acceptors (Lipinski definition) is 4. The highest BCUT2D eigenvalue weighted by Crippen LogP contribution is 2.32. The van der Waals surface area contributed by atoms with Crippen molar-refractivity contribution in [2.24, 2.45) is 0 Å². The fourth-order valence-corrected chi connectivity index (χ4v) is 2.74. The summed E-state index contributed by atoms with van der Waals surface area (Å²) >= 11 is 0. The lowest BCUT2D eigenvalue weighted by Crippen LogP contribution is -2.21. The first-order valence-corrected chi connectivity index (χ1v) is 8.11. The molecule has 1 atom stereocenters. The standard InChI is InChI=1S/C19H19F2N3O2/c1-11(10-26-2)23-17-6-4-13(8-16(17)21)22-9-15-14-5-3-12(20)7-18(14)24-19(15)25/h3-9,11,22-23H,10H2,1-2H3,(H,24,25). The number of carbonyl (C=O) groups excluding carboxylic acids is 1. The van der Waals surface area contributed by atoms with Crippen LogP contribution in [0.1, 0.15) is 12.5 Å². The number of amides is 1. The van der Waals surface area contributed by atoms with E-state index in [0.717, 1.165) is 0 Å². The number of halogens is 2. The molecule has 0 bridgehead atoms. The third-order valence-corrected chi connectivity index (χ3v) is 3.94. The fourth-order valence-electron chi connectivity index (χ4n) is 2.74. The summed E-state index contributed by atoms with van der Waals surface area (Å²) in [5.41, 5.74) is 2.23. The Hall–Kier alpha value is -2.93. The Morgan fingerprint density at radius 2 is 2.04 bits per heavy atom. The van der Waals surface area contributed by atoms with Crippen molar-refractivity contribution < 1.29 is 18.3 Å². The van der Waals surface area contributed by atoms with E-state index in [2.05, 4.69) is 16.0 Å². The molecule has 2 aromatic carbocycles. The van der Waals surface area contributed by atoms with Crippen molar-refractivity contribution in [1.29, 1.82) is 0 Å². The van der Waals surface area contributed by atoms with Crippen molar-refractivity contribution in [3.05, 3.63) is 59.8 Å². The van der Waals surface area contributed by atoms with E-state index in [0.29, 0.717) is 34.8 Å². The second-order valence-electron chi connectivity index (χ2n) is 6.04. The molecule has 1 heterocycles. The van der Waals surface area contributed by atoms with Gasteiger partial charge in [-0.1, -0.05) is 0 Å². The molecular formula is C19H19F2N3O2. The highest BCUT2D eigenvalue weighted by molar-refractivity contribution is 6.31. The Labute approximate surface area is 150 Å². The summed E-state index contributed by atoms with van der Waals surface area (Å²) in [4.78, 5) is 12.0. The predicted molar refractivity (Wildman–Crippen MR) is 98.0 cm³/mol. The fraction of sp³-hybridized carbons (Fsp3) is 0.211. The number of hydrogen-bond donors (Lipinski definition) is 3. The van der Waals surface area contributed by atoms with Gasteiger partial charge >= 0.3 is 0 Å². The molecule has 3 rings (SSSR count). The largest absolute Gasteiger partial charge is 0.383 e. The molecule has 1 aliphatic heterocycles. The van der Waals surface area contributed by atoms with Crippen LogP contribution in [0.5, 0.6) is 0 Å². The summed E-state index contributed by atoms with van der Waals surface area (Å²) in [5.74, 6) is -1.19. The van der Waals surface area contributed by atoms with E-state index in [4.69, 9.17) is 4.74 Å². The number of anilines is 3. The van der Waals surface area contributed by atoms with Gasteiger partial charge in [0.25, 0.3) is 5.91 Å². The molecule has 0 saturated heterocycles. The molecule has 0 fully saturated rings. The van der Waals surface area contributed by atoms with Gasteiger partial charge in [0.1, 0.15) is 11.6 Å². The monoisotopic (exact) mass is 359 g/mol. The van der Waals surface area contributed by atoms with Gasteiger partial charge in [0.15, 0.2) is 0 Å². The lowest BCUT2D eigenvalue weighted by atomic mass is 10.1. The van der Waals surface area contributed by atoms with Crippen LogP contribution in [0.15, 0.2) is 42.6 Å². The molecule has 1 amide bonds. The summed E-state index contributed by atoms with van der Waals surface area (Å²) in [6.45, 7) is 2.35. The third-order valence-electron chi connectivity index (χ3n) is 3.94. The van der Waals surface area contributed by atoms with Crippen LogP contribution >= 0.6 is 0 Å². The number of benzene rings is 2. The Morgan fingerprint density at radius 3 is 2.77 bits per heavy atom. The zero-order valence-electron chi connectivity index (χ0n) is 14.4. The molecule has 26 heavy (non-hydrogen) atoms. The first-order chi connectivity index (χ1) is 12.5. The van der Waals surface area contributed by atoms with Gasteiger partial charge in [-0.05, 0) is 43.3 Å². The quantitative estimate of drug-likeness (QED) is 0.686. The predicted octanol–water partition coefficient (Wildman–Crippen LogP) is 3.82. The van der Waals surface area contributed by atoms with E-state index in [9.17, 15) is 13.6 Å². The van der Waals surface area contributed by atoms with Gasteiger partial charge in [0.05, 0.1) is 23.6 Å². The minimum absolute atomic E-state index is 0.0329. The van der Waals surface area contributed by atoms with E-state index in [1.807, 2.05) is 6.92 Å². The van der Waals surface area contributed by atoms with Crippen LogP contribution in [0.25, 0.3) is 5.57 Å². The van der Waals surface area contributed by atoms with Crippen LogP contribution in [0.3, 0.4) is 0 Å². The molecular weight excluding hydrogens is 340 g/mol. The van der Waals surface area contributed by atoms with E-state index in [-0.39, 0.29) is 11.9 Å². The molecule has 0 saturated carbocycles. The van der Waals surface area contributed by atoms with Gasteiger partial charge in [-0.25, -0.2) is 8.78 Å². The molecule has 3 N–H and O–H groups in total. The van der Waals surface area contributed by atoms with Gasteiger partial charge in [-0.15, -0.1) is 0 Å². The molecule has 7 heteroatoms. The lowest BCUT2D eigenvalue weighted by Gasteiger charge is -2.15. The zero-order valence-corrected chi connectivity index (χ0v) is 14.4. The second-order valence-corrected chi connectivity index (χ2v) is 6.04. The molecule has 136 valence electrons.